The quantitative estimate of drug-likeness (QED) is 0.723. The van der Waals surface area contributed by atoms with Gasteiger partial charge < -0.3 is 0 Å². The zero-order chi connectivity index (χ0) is 17.6. The summed E-state index contributed by atoms with van der Waals surface area (Å²) in [7, 11) is 0. The number of hydrogen-bond acceptors (Lipinski definition) is 3. The fraction of sp³-hybridized carbons (Fsp3) is 0.118. The molecule has 6 nitrogen and oxygen atoms in total. The zero-order valence-corrected chi connectivity index (χ0v) is 13.7. The minimum Gasteiger partial charge on any atom is -0.285 e. The van der Waals surface area contributed by atoms with Gasteiger partial charge >= 0.3 is 11.7 Å². The highest BCUT2D eigenvalue weighted by atomic mass is 35.5. The first-order chi connectivity index (χ1) is 12.0. The normalized spacial score (nSPS) is 13.4. The molecule has 0 saturated carbocycles. The van der Waals surface area contributed by atoms with Crippen molar-refractivity contribution < 1.29 is 9.18 Å². The van der Waals surface area contributed by atoms with E-state index in [2.05, 4.69) is 4.98 Å². The molecule has 1 aliphatic heterocycles. The van der Waals surface area contributed by atoms with Crippen LogP contribution in [0.3, 0.4) is 0 Å². The molecule has 3 aromatic rings. The summed E-state index contributed by atoms with van der Waals surface area (Å²) >= 11 is 5.97. The largest absolute Gasteiger partial charge is 0.364 e. The average Bonchev–Trinajstić information content (AvgIpc) is 3.05. The van der Waals surface area contributed by atoms with Crippen LogP contribution in [-0.4, -0.2) is 20.4 Å². The molecule has 0 spiro atoms. The van der Waals surface area contributed by atoms with Crippen LogP contribution >= 0.6 is 11.6 Å². The van der Waals surface area contributed by atoms with E-state index in [1.807, 2.05) is 6.07 Å². The summed E-state index contributed by atoms with van der Waals surface area (Å²) in [6, 6.07) is 12.2. The fourth-order valence-electron chi connectivity index (χ4n) is 2.85. The van der Waals surface area contributed by atoms with Gasteiger partial charge in [-0.05, 0) is 42.0 Å². The van der Waals surface area contributed by atoms with Crippen molar-refractivity contribution in [3.8, 4) is 0 Å². The number of fused-ring (bicyclic) bond motifs is 1. The van der Waals surface area contributed by atoms with E-state index >= 15 is 0 Å². The number of carbonyl (C=O) groups excluding carboxylic acids is 1. The Kier molecular flexibility index (Phi) is 3.65. The smallest absolute Gasteiger partial charge is 0.285 e. The van der Waals surface area contributed by atoms with Gasteiger partial charge in [-0.3, -0.25) is 4.90 Å². The molecule has 0 bridgehead atoms. The maximum atomic E-state index is 13.1. The Morgan fingerprint density at radius 1 is 1.12 bits per heavy atom. The first-order valence-electron chi connectivity index (χ1n) is 7.53. The van der Waals surface area contributed by atoms with Gasteiger partial charge in [0.05, 0.1) is 13.1 Å². The molecule has 0 saturated heterocycles. The third-order valence-corrected chi connectivity index (χ3v) is 4.24. The molecule has 0 unspecified atom stereocenters. The third-order valence-electron chi connectivity index (χ3n) is 4.00. The molecule has 0 radical (unpaired) electrons. The van der Waals surface area contributed by atoms with Crippen molar-refractivity contribution in [2.24, 2.45) is 0 Å². The van der Waals surface area contributed by atoms with Crippen LogP contribution in [0.15, 0.2) is 53.3 Å². The molecule has 1 amide bonds. The van der Waals surface area contributed by atoms with Gasteiger partial charge in [-0.1, -0.05) is 23.7 Å². The lowest BCUT2D eigenvalue weighted by Gasteiger charge is -2.15. The number of rotatable bonds is 3. The number of carbonyl (C=O) groups is 1. The van der Waals surface area contributed by atoms with E-state index in [9.17, 15) is 14.0 Å². The number of nitrogens with zero attached hydrogens (tertiary/aromatic N) is 4. The summed E-state index contributed by atoms with van der Waals surface area (Å²) in [5, 5.41) is 0.547. The number of benzene rings is 2. The van der Waals surface area contributed by atoms with E-state index < -0.39 is 11.7 Å². The van der Waals surface area contributed by atoms with Crippen LogP contribution in [0.5, 0.6) is 0 Å². The number of amides is 1. The van der Waals surface area contributed by atoms with Crippen LogP contribution in [0.4, 0.5) is 14.9 Å². The molecule has 2 aromatic carbocycles. The maximum Gasteiger partial charge on any atom is 0.364 e. The zero-order valence-electron chi connectivity index (χ0n) is 12.9. The molecule has 0 aliphatic carbocycles. The molecule has 4 rings (SSSR count). The third kappa shape index (κ3) is 2.72. The van der Waals surface area contributed by atoms with E-state index in [4.69, 9.17) is 11.6 Å². The first kappa shape index (κ1) is 15.6. The van der Waals surface area contributed by atoms with E-state index in [-0.39, 0.29) is 18.9 Å². The Morgan fingerprint density at radius 2 is 1.88 bits per heavy atom. The van der Waals surface area contributed by atoms with Gasteiger partial charge in [-0.25, -0.2) is 18.7 Å². The second-order valence-corrected chi connectivity index (χ2v) is 6.09. The Labute approximate surface area is 146 Å². The molecular formula is C17H12ClFN4O2. The summed E-state index contributed by atoms with van der Waals surface area (Å²) in [5.74, 6) is -0.0349. The van der Waals surface area contributed by atoms with Crippen LogP contribution in [0, 0.1) is 5.82 Å². The minimum absolute atomic E-state index is 0.155. The average molecular weight is 359 g/mol. The Morgan fingerprint density at radius 3 is 2.60 bits per heavy atom. The van der Waals surface area contributed by atoms with Crippen molar-refractivity contribution in [2.45, 2.75) is 13.1 Å². The van der Waals surface area contributed by atoms with Gasteiger partial charge in [-0.2, -0.15) is 9.67 Å². The SMILES string of the molecule is O=C1N(c2ccc(F)cc2)Cc2nc(=O)n(Cc3cccc(Cl)c3)n21. The molecular weight excluding hydrogens is 347 g/mol. The fourth-order valence-corrected chi connectivity index (χ4v) is 3.06. The molecule has 0 N–H and O–H groups in total. The topological polar surface area (TPSA) is 60.1 Å². The summed E-state index contributed by atoms with van der Waals surface area (Å²) in [4.78, 5) is 30.3. The Bertz CT molecular complexity index is 1030. The molecule has 0 fully saturated rings. The van der Waals surface area contributed by atoms with E-state index in [1.54, 1.807) is 18.2 Å². The molecule has 8 heteroatoms. The lowest BCUT2D eigenvalue weighted by molar-refractivity contribution is 0.244. The van der Waals surface area contributed by atoms with Crippen LogP contribution in [0.1, 0.15) is 11.4 Å². The van der Waals surface area contributed by atoms with Crippen LogP contribution < -0.4 is 10.6 Å². The summed E-state index contributed by atoms with van der Waals surface area (Å²) in [6.07, 6.45) is 0. The molecule has 25 heavy (non-hydrogen) atoms. The van der Waals surface area contributed by atoms with Gasteiger partial charge in [0.15, 0.2) is 5.82 Å². The number of anilines is 1. The predicted octanol–water partition coefficient (Wildman–Crippen LogP) is 2.87. The van der Waals surface area contributed by atoms with Crippen molar-refractivity contribution >= 4 is 23.3 Å². The van der Waals surface area contributed by atoms with Crippen molar-refractivity contribution in [1.29, 1.82) is 0 Å². The Hall–Kier alpha value is -2.93. The van der Waals surface area contributed by atoms with Crippen molar-refractivity contribution in [1.82, 2.24) is 14.3 Å². The van der Waals surface area contributed by atoms with E-state index in [1.165, 1.54) is 38.5 Å². The van der Waals surface area contributed by atoms with Gasteiger partial charge in [0.2, 0.25) is 0 Å². The highest BCUT2D eigenvalue weighted by Crippen LogP contribution is 2.23. The van der Waals surface area contributed by atoms with Crippen molar-refractivity contribution in [3.05, 3.63) is 81.2 Å². The van der Waals surface area contributed by atoms with E-state index in [0.717, 1.165) is 5.56 Å². The lowest BCUT2D eigenvalue weighted by Crippen LogP contribution is -2.34. The summed E-state index contributed by atoms with van der Waals surface area (Å²) in [6.45, 7) is 0.331. The monoisotopic (exact) mass is 358 g/mol. The molecule has 1 aliphatic rings. The summed E-state index contributed by atoms with van der Waals surface area (Å²) in [5.41, 5.74) is 0.825. The van der Waals surface area contributed by atoms with Crippen molar-refractivity contribution in [2.75, 3.05) is 4.90 Å². The lowest BCUT2D eigenvalue weighted by atomic mass is 10.2. The van der Waals surface area contributed by atoms with Gasteiger partial charge in [0, 0.05) is 10.7 Å². The van der Waals surface area contributed by atoms with Crippen LogP contribution in [0.25, 0.3) is 0 Å². The number of aromatic nitrogens is 3. The Balaban J connectivity index is 1.69. The van der Waals surface area contributed by atoms with Gasteiger partial charge in [0.25, 0.3) is 0 Å². The second kappa shape index (κ2) is 5.86. The molecule has 2 heterocycles. The molecule has 0 atom stereocenters. The highest BCUT2D eigenvalue weighted by Gasteiger charge is 2.33. The standard InChI is InChI=1S/C17H12ClFN4O2/c18-12-3-1-2-11(8-12)9-22-16(24)20-15-10-21(17(25)23(15)22)14-6-4-13(19)5-7-14/h1-8H,9-10H2. The predicted molar refractivity (Wildman–Crippen MR) is 90.4 cm³/mol. The maximum absolute atomic E-state index is 13.1. The number of halogens is 2. The van der Waals surface area contributed by atoms with Gasteiger partial charge in [-0.15, -0.1) is 0 Å². The molecule has 1 aromatic heterocycles. The highest BCUT2D eigenvalue weighted by molar-refractivity contribution is 6.30. The molecule has 126 valence electrons. The van der Waals surface area contributed by atoms with Crippen LogP contribution in [0.2, 0.25) is 5.02 Å². The van der Waals surface area contributed by atoms with E-state index in [0.29, 0.717) is 16.5 Å². The van der Waals surface area contributed by atoms with Crippen molar-refractivity contribution in [3.63, 3.8) is 0 Å². The van der Waals surface area contributed by atoms with Gasteiger partial charge in [0.1, 0.15) is 5.82 Å². The number of hydrogen-bond donors (Lipinski definition) is 0. The second-order valence-electron chi connectivity index (χ2n) is 5.66. The minimum atomic E-state index is -0.498. The first-order valence-corrected chi connectivity index (χ1v) is 7.91. The van der Waals surface area contributed by atoms with Crippen LogP contribution in [-0.2, 0) is 13.1 Å². The summed E-state index contributed by atoms with van der Waals surface area (Å²) < 4.78 is 15.6.